The highest BCUT2D eigenvalue weighted by molar-refractivity contribution is 6.05. The van der Waals surface area contributed by atoms with Crippen LogP contribution in [0.5, 0.6) is 5.75 Å². The number of carbonyl (C=O) groups is 1. The van der Waals surface area contributed by atoms with Crippen LogP contribution in [0.4, 0.5) is 5.69 Å². The zero-order valence-electron chi connectivity index (χ0n) is 17.2. The van der Waals surface area contributed by atoms with Crippen LogP contribution < -0.4 is 10.1 Å². The van der Waals surface area contributed by atoms with E-state index in [0.29, 0.717) is 12.1 Å². The van der Waals surface area contributed by atoms with Crippen LogP contribution in [0.25, 0.3) is 5.69 Å². The monoisotopic (exact) mass is 401 g/mol. The van der Waals surface area contributed by atoms with E-state index < -0.39 is 0 Å². The van der Waals surface area contributed by atoms with Crippen molar-refractivity contribution in [3.8, 4) is 11.4 Å². The summed E-state index contributed by atoms with van der Waals surface area (Å²) < 4.78 is 9.12. The Hall–Kier alpha value is -3.87. The Balaban J connectivity index is 1.62. The van der Waals surface area contributed by atoms with Gasteiger partial charge in [0.05, 0.1) is 19.2 Å². The average Bonchev–Trinajstić information content (AvgIpc) is 3.37. The van der Waals surface area contributed by atoms with Crippen molar-refractivity contribution in [3.05, 3.63) is 89.8 Å². The van der Waals surface area contributed by atoms with E-state index in [-0.39, 0.29) is 5.91 Å². The lowest BCUT2D eigenvalue weighted by Crippen LogP contribution is -2.15. The normalized spacial score (nSPS) is 10.8. The number of para-hydroxylation sites is 1. The lowest BCUT2D eigenvalue weighted by molar-refractivity contribution is 0.102. The molecule has 0 unspecified atom stereocenters. The van der Waals surface area contributed by atoms with Gasteiger partial charge in [0.2, 0.25) is 0 Å². The number of aryl methyl sites for hydroxylation is 1. The van der Waals surface area contributed by atoms with Gasteiger partial charge in [-0.1, -0.05) is 24.3 Å². The Morgan fingerprint density at radius 3 is 2.70 bits per heavy atom. The van der Waals surface area contributed by atoms with Gasteiger partial charge in [-0.25, -0.2) is 9.67 Å². The first-order valence-electron chi connectivity index (χ1n) is 9.62. The highest BCUT2D eigenvalue weighted by Crippen LogP contribution is 2.25. The third kappa shape index (κ3) is 3.82. The van der Waals surface area contributed by atoms with Gasteiger partial charge in [-0.2, -0.15) is 5.10 Å². The molecule has 4 rings (SSSR count). The predicted molar refractivity (Wildman–Crippen MR) is 115 cm³/mol. The fourth-order valence-electron chi connectivity index (χ4n) is 3.60. The molecule has 0 bridgehead atoms. The number of ether oxygens (including phenoxy) is 1. The summed E-state index contributed by atoms with van der Waals surface area (Å²) in [6.45, 7) is 4.46. The smallest absolute Gasteiger partial charge is 0.257 e. The van der Waals surface area contributed by atoms with Crippen LogP contribution in [0.3, 0.4) is 0 Å². The molecule has 7 heteroatoms. The molecule has 4 aromatic rings. The molecule has 2 aromatic heterocycles. The molecule has 152 valence electrons. The molecule has 1 amide bonds. The molecule has 0 aliphatic carbocycles. The van der Waals surface area contributed by atoms with Crippen molar-refractivity contribution < 1.29 is 9.53 Å². The van der Waals surface area contributed by atoms with Gasteiger partial charge in [0.25, 0.3) is 5.91 Å². The summed E-state index contributed by atoms with van der Waals surface area (Å²) in [6, 6.07) is 17.4. The number of methoxy groups -OCH3 is 1. The highest BCUT2D eigenvalue weighted by atomic mass is 16.5. The van der Waals surface area contributed by atoms with E-state index >= 15 is 0 Å². The van der Waals surface area contributed by atoms with Crippen molar-refractivity contribution in [1.82, 2.24) is 19.3 Å². The Morgan fingerprint density at radius 2 is 1.93 bits per heavy atom. The van der Waals surface area contributed by atoms with Crippen LogP contribution in [-0.2, 0) is 6.54 Å². The fraction of sp³-hybridized carbons (Fsp3) is 0.174. The standard InChI is InChI=1S/C23H23N5O2/c1-16-11-21(17(2)28(16)19-8-6-9-20(12-19)30-3)23(29)26-22-10-5-4-7-18(22)13-27-15-24-14-25-27/h4-12,14-15H,13H2,1-3H3,(H,26,29). The number of benzene rings is 2. The van der Waals surface area contributed by atoms with Gasteiger partial charge in [0, 0.05) is 28.8 Å². The van der Waals surface area contributed by atoms with Crippen LogP contribution in [0.1, 0.15) is 27.3 Å². The second-order valence-electron chi connectivity index (χ2n) is 7.03. The predicted octanol–water partition coefficient (Wildman–Crippen LogP) is 3.99. The van der Waals surface area contributed by atoms with Gasteiger partial charge in [0.15, 0.2) is 0 Å². The maximum absolute atomic E-state index is 13.1. The van der Waals surface area contributed by atoms with Crippen LogP contribution in [-0.4, -0.2) is 32.3 Å². The molecule has 30 heavy (non-hydrogen) atoms. The Morgan fingerprint density at radius 1 is 1.10 bits per heavy atom. The SMILES string of the molecule is COc1cccc(-n2c(C)cc(C(=O)Nc3ccccc3Cn3cncn3)c2C)c1. The molecule has 0 aliphatic rings. The maximum atomic E-state index is 13.1. The van der Waals surface area contributed by atoms with E-state index in [2.05, 4.69) is 20.0 Å². The van der Waals surface area contributed by atoms with Crippen molar-refractivity contribution in [2.45, 2.75) is 20.4 Å². The van der Waals surface area contributed by atoms with E-state index in [0.717, 1.165) is 34.1 Å². The van der Waals surface area contributed by atoms with Crippen LogP contribution >= 0.6 is 0 Å². The Kier molecular flexibility index (Phi) is 5.34. The lowest BCUT2D eigenvalue weighted by Gasteiger charge is -2.13. The number of aromatic nitrogens is 4. The third-order valence-corrected chi connectivity index (χ3v) is 5.05. The van der Waals surface area contributed by atoms with E-state index in [1.165, 1.54) is 6.33 Å². The van der Waals surface area contributed by atoms with Crippen molar-refractivity contribution >= 4 is 11.6 Å². The van der Waals surface area contributed by atoms with E-state index in [9.17, 15) is 4.79 Å². The largest absolute Gasteiger partial charge is 0.497 e. The number of hydrogen-bond donors (Lipinski definition) is 1. The van der Waals surface area contributed by atoms with Crippen molar-refractivity contribution in [2.24, 2.45) is 0 Å². The summed E-state index contributed by atoms with van der Waals surface area (Å²) >= 11 is 0. The summed E-state index contributed by atoms with van der Waals surface area (Å²) in [5.41, 5.74) is 5.14. The average molecular weight is 401 g/mol. The minimum absolute atomic E-state index is 0.150. The Labute approximate surface area is 174 Å². The maximum Gasteiger partial charge on any atom is 0.257 e. The van der Waals surface area contributed by atoms with Crippen LogP contribution in [0.15, 0.2) is 67.3 Å². The number of amides is 1. The fourth-order valence-corrected chi connectivity index (χ4v) is 3.60. The quantitative estimate of drug-likeness (QED) is 0.530. The molecule has 2 aromatic carbocycles. The summed E-state index contributed by atoms with van der Waals surface area (Å²) in [4.78, 5) is 17.1. The number of nitrogens with one attached hydrogen (secondary N) is 1. The molecule has 7 nitrogen and oxygen atoms in total. The van der Waals surface area contributed by atoms with Crippen LogP contribution in [0.2, 0.25) is 0 Å². The minimum atomic E-state index is -0.150. The number of rotatable bonds is 6. The molecule has 1 N–H and O–H groups in total. The minimum Gasteiger partial charge on any atom is -0.497 e. The Bertz CT molecular complexity index is 1180. The second kappa shape index (κ2) is 8.24. The summed E-state index contributed by atoms with van der Waals surface area (Å²) in [7, 11) is 1.64. The molecule has 0 fully saturated rings. The lowest BCUT2D eigenvalue weighted by atomic mass is 10.1. The summed E-state index contributed by atoms with van der Waals surface area (Å²) in [6.07, 6.45) is 3.15. The van der Waals surface area contributed by atoms with E-state index in [1.54, 1.807) is 18.1 Å². The number of anilines is 1. The first kappa shape index (κ1) is 19.4. The highest BCUT2D eigenvalue weighted by Gasteiger charge is 2.18. The molecule has 0 saturated heterocycles. The molecular weight excluding hydrogens is 378 g/mol. The van der Waals surface area contributed by atoms with E-state index in [4.69, 9.17) is 4.74 Å². The van der Waals surface area contributed by atoms with Crippen molar-refractivity contribution in [2.75, 3.05) is 12.4 Å². The van der Waals surface area contributed by atoms with Gasteiger partial charge in [-0.05, 0) is 43.7 Å². The van der Waals surface area contributed by atoms with Crippen molar-refractivity contribution in [3.63, 3.8) is 0 Å². The first-order chi connectivity index (χ1) is 14.6. The molecule has 2 heterocycles. The molecule has 0 atom stereocenters. The number of carbonyl (C=O) groups excluding carboxylic acids is 1. The summed E-state index contributed by atoms with van der Waals surface area (Å²) in [5.74, 6) is 0.622. The van der Waals surface area contributed by atoms with E-state index in [1.807, 2.05) is 68.4 Å². The van der Waals surface area contributed by atoms with Gasteiger partial charge in [0.1, 0.15) is 18.4 Å². The zero-order chi connectivity index (χ0) is 21.1. The molecule has 0 spiro atoms. The third-order valence-electron chi connectivity index (χ3n) is 5.05. The van der Waals surface area contributed by atoms with Gasteiger partial charge >= 0.3 is 0 Å². The summed E-state index contributed by atoms with van der Waals surface area (Å²) in [5, 5.41) is 7.20. The molecular formula is C23H23N5O2. The second-order valence-corrected chi connectivity index (χ2v) is 7.03. The van der Waals surface area contributed by atoms with Crippen LogP contribution in [0, 0.1) is 13.8 Å². The molecule has 0 radical (unpaired) electrons. The van der Waals surface area contributed by atoms with Gasteiger partial charge in [-0.15, -0.1) is 0 Å². The first-order valence-corrected chi connectivity index (χ1v) is 9.62. The molecule has 0 aliphatic heterocycles. The zero-order valence-corrected chi connectivity index (χ0v) is 17.2. The number of hydrogen-bond acceptors (Lipinski definition) is 4. The topological polar surface area (TPSA) is 74.0 Å². The molecule has 0 saturated carbocycles. The van der Waals surface area contributed by atoms with Crippen molar-refractivity contribution in [1.29, 1.82) is 0 Å². The number of nitrogens with zero attached hydrogens (tertiary/aromatic N) is 4. The van der Waals surface area contributed by atoms with Gasteiger partial charge in [-0.3, -0.25) is 4.79 Å². The van der Waals surface area contributed by atoms with Gasteiger partial charge < -0.3 is 14.6 Å².